The van der Waals surface area contributed by atoms with Crippen molar-refractivity contribution in [2.45, 2.75) is 37.8 Å². The predicted molar refractivity (Wildman–Crippen MR) is 74.8 cm³/mol. The molecular weight excluding hydrogens is 250 g/mol. The first-order valence-corrected chi connectivity index (χ1v) is 6.83. The van der Waals surface area contributed by atoms with Crippen molar-refractivity contribution in [2.75, 3.05) is 0 Å². The van der Waals surface area contributed by atoms with Crippen LogP contribution < -0.4 is 5.32 Å². The normalized spacial score (nSPS) is 24.9. The second-order valence-electron chi connectivity index (χ2n) is 5.41. The zero-order valence-corrected chi connectivity index (χ0v) is 11.5. The molecule has 102 valence electrons. The lowest BCUT2D eigenvalue weighted by molar-refractivity contribution is 0.220. The number of oxazole rings is 1. The summed E-state index contributed by atoms with van der Waals surface area (Å²) in [6.07, 6.45) is 3.40. The number of rotatable bonds is 4. The minimum atomic E-state index is -0.328. The van der Waals surface area contributed by atoms with E-state index in [1.807, 2.05) is 37.3 Å². The zero-order chi connectivity index (χ0) is 14.0. The first-order valence-electron chi connectivity index (χ1n) is 6.83. The molecular formula is C16H17N3O. The lowest BCUT2D eigenvalue weighted by atomic mass is 9.62. The average molecular weight is 267 g/mol. The van der Waals surface area contributed by atoms with E-state index in [2.05, 4.69) is 16.4 Å². The highest BCUT2D eigenvalue weighted by molar-refractivity contribution is 5.36. The summed E-state index contributed by atoms with van der Waals surface area (Å²) in [5.74, 6) is 1.53. The summed E-state index contributed by atoms with van der Waals surface area (Å²) in [6.45, 7) is 2.50. The second-order valence-corrected chi connectivity index (χ2v) is 5.41. The zero-order valence-electron chi connectivity index (χ0n) is 11.5. The molecule has 0 atom stereocenters. The molecule has 0 unspecified atom stereocenters. The molecule has 1 aromatic carbocycles. The van der Waals surface area contributed by atoms with E-state index in [1.54, 1.807) is 6.20 Å². The smallest absolute Gasteiger partial charge is 0.208 e. The number of hydrogen-bond acceptors (Lipinski definition) is 4. The maximum atomic E-state index is 9.49. The summed E-state index contributed by atoms with van der Waals surface area (Å²) in [7, 11) is 0. The highest BCUT2D eigenvalue weighted by Crippen LogP contribution is 2.43. The van der Waals surface area contributed by atoms with Gasteiger partial charge in [0.2, 0.25) is 5.89 Å². The molecule has 20 heavy (non-hydrogen) atoms. The Morgan fingerprint density at radius 1 is 1.40 bits per heavy atom. The third-order valence-corrected chi connectivity index (χ3v) is 3.94. The van der Waals surface area contributed by atoms with Gasteiger partial charge in [-0.3, -0.25) is 0 Å². The van der Waals surface area contributed by atoms with Gasteiger partial charge in [-0.05, 0) is 25.3 Å². The van der Waals surface area contributed by atoms with Crippen molar-refractivity contribution in [3.05, 3.63) is 53.7 Å². The van der Waals surface area contributed by atoms with Crippen molar-refractivity contribution in [1.82, 2.24) is 10.3 Å². The van der Waals surface area contributed by atoms with Crippen molar-refractivity contribution in [3.63, 3.8) is 0 Å². The Bertz CT molecular complexity index is 621. The molecule has 1 saturated carbocycles. The van der Waals surface area contributed by atoms with Crippen LogP contribution >= 0.6 is 0 Å². The molecule has 2 aromatic rings. The summed E-state index contributed by atoms with van der Waals surface area (Å²) in [5, 5.41) is 12.9. The van der Waals surface area contributed by atoms with Crippen LogP contribution in [0.2, 0.25) is 0 Å². The Hall–Kier alpha value is -2.12. The Kier molecular flexibility index (Phi) is 3.29. The molecule has 1 fully saturated rings. The van der Waals surface area contributed by atoms with E-state index >= 15 is 0 Å². The third-order valence-electron chi connectivity index (χ3n) is 3.94. The largest absolute Gasteiger partial charge is 0.445 e. The van der Waals surface area contributed by atoms with Crippen molar-refractivity contribution >= 4 is 0 Å². The Balaban J connectivity index is 1.58. The van der Waals surface area contributed by atoms with Gasteiger partial charge in [0.1, 0.15) is 5.76 Å². The fourth-order valence-electron chi connectivity index (χ4n) is 2.79. The first kappa shape index (κ1) is 12.9. The van der Waals surface area contributed by atoms with E-state index in [0.717, 1.165) is 24.2 Å². The fourth-order valence-corrected chi connectivity index (χ4v) is 2.79. The van der Waals surface area contributed by atoms with Crippen molar-refractivity contribution in [1.29, 1.82) is 5.26 Å². The van der Waals surface area contributed by atoms with Crippen LogP contribution in [0.5, 0.6) is 0 Å². The van der Waals surface area contributed by atoms with Crippen LogP contribution in [0.1, 0.15) is 30.1 Å². The Labute approximate surface area is 118 Å². The number of nitrogens with one attached hydrogen (secondary N) is 1. The molecule has 1 heterocycles. The highest BCUT2D eigenvalue weighted by Gasteiger charge is 2.45. The van der Waals surface area contributed by atoms with Gasteiger partial charge < -0.3 is 9.73 Å². The number of benzene rings is 1. The molecule has 0 spiro atoms. The summed E-state index contributed by atoms with van der Waals surface area (Å²) >= 11 is 0. The summed E-state index contributed by atoms with van der Waals surface area (Å²) in [6, 6.07) is 12.9. The molecule has 1 aromatic heterocycles. The number of nitriles is 1. The SMILES string of the molecule is Cc1cnc(CNC2CC(C#N)(c3ccccc3)C2)o1. The number of hydrogen-bond donors (Lipinski definition) is 1. The van der Waals surface area contributed by atoms with Crippen LogP contribution in [-0.4, -0.2) is 11.0 Å². The minimum Gasteiger partial charge on any atom is -0.445 e. The molecule has 0 saturated heterocycles. The predicted octanol–water partition coefficient (Wildman–Crippen LogP) is 2.70. The monoisotopic (exact) mass is 267 g/mol. The van der Waals surface area contributed by atoms with Gasteiger partial charge in [0, 0.05) is 6.04 Å². The molecule has 0 radical (unpaired) electrons. The first-order chi connectivity index (χ1) is 9.72. The van der Waals surface area contributed by atoms with Crippen LogP contribution in [-0.2, 0) is 12.0 Å². The molecule has 4 heteroatoms. The van der Waals surface area contributed by atoms with Gasteiger partial charge in [-0.25, -0.2) is 4.98 Å². The maximum Gasteiger partial charge on any atom is 0.208 e. The molecule has 0 bridgehead atoms. The van der Waals surface area contributed by atoms with E-state index in [0.29, 0.717) is 18.5 Å². The van der Waals surface area contributed by atoms with Gasteiger partial charge in [0.05, 0.1) is 24.2 Å². The van der Waals surface area contributed by atoms with Crippen LogP contribution in [0.25, 0.3) is 0 Å². The van der Waals surface area contributed by atoms with Gasteiger partial charge in [0.25, 0.3) is 0 Å². The fraction of sp³-hybridized carbons (Fsp3) is 0.375. The highest BCUT2D eigenvalue weighted by atomic mass is 16.4. The van der Waals surface area contributed by atoms with Crippen LogP contribution in [0, 0.1) is 18.3 Å². The molecule has 1 N–H and O–H groups in total. The minimum absolute atomic E-state index is 0.328. The summed E-state index contributed by atoms with van der Waals surface area (Å²) < 4.78 is 5.43. The van der Waals surface area contributed by atoms with Crippen molar-refractivity contribution < 1.29 is 4.42 Å². The average Bonchev–Trinajstić information content (AvgIpc) is 2.85. The molecule has 0 amide bonds. The summed E-state index contributed by atoms with van der Waals surface area (Å²) in [5.41, 5.74) is 0.790. The van der Waals surface area contributed by atoms with Crippen molar-refractivity contribution in [3.8, 4) is 6.07 Å². The van der Waals surface area contributed by atoms with Gasteiger partial charge in [-0.2, -0.15) is 5.26 Å². The van der Waals surface area contributed by atoms with Crippen LogP contribution in [0.4, 0.5) is 0 Å². The van der Waals surface area contributed by atoms with Gasteiger partial charge in [-0.15, -0.1) is 0 Å². The number of aromatic nitrogens is 1. The Morgan fingerprint density at radius 3 is 2.75 bits per heavy atom. The lowest BCUT2D eigenvalue weighted by Gasteiger charge is -2.43. The standard InChI is InChI=1S/C16H17N3O/c1-12-9-19-15(20-12)10-18-14-7-16(8-14,11-17)13-5-3-2-4-6-13/h2-6,9,14,18H,7-8,10H2,1H3. The number of nitrogens with zero attached hydrogens (tertiary/aromatic N) is 2. The van der Waals surface area contributed by atoms with E-state index in [4.69, 9.17) is 4.42 Å². The second kappa shape index (κ2) is 5.10. The lowest BCUT2D eigenvalue weighted by Crippen LogP contribution is -2.50. The summed E-state index contributed by atoms with van der Waals surface area (Å²) in [4.78, 5) is 4.17. The van der Waals surface area contributed by atoms with E-state index < -0.39 is 0 Å². The van der Waals surface area contributed by atoms with Crippen molar-refractivity contribution in [2.24, 2.45) is 0 Å². The number of aryl methyl sites for hydroxylation is 1. The van der Waals surface area contributed by atoms with Crippen LogP contribution in [0.3, 0.4) is 0 Å². The Morgan fingerprint density at radius 2 is 2.15 bits per heavy atom. The van der Waals surface area contributed by atoms with E-state index in [-0.39, 0.29) is 5.41 Å². The molecule has 1 aliphatic rings. The molecule has 0 aliphatic heterocycles. The molecule has 1 aliphatic carbocycles. The van der Waals surface area contributed by atoms with E-state index in [1.165, 1.54) is 0 Å². The van der Waals surface area contributed by atoms with Crippen LogP contribution in [0.15, 0.2) is 40.9 Å². The van der Waals surface area contributed by atoms with Gasteiger partial charge in [0.15, 0.2) is 0 Å². The maximum absolute atomic E-state index is 9.49. The third kappa shape index (κ3) is 2.33. The topological polar surface area (TPSA) is 61.9 Å². The molecule has 4 nitrogen and oxygen atoms in total. The quantitative estimate of drug-likeness (QED) is 0.925. The molecule has 3 rings (SSSR count). The van der Waals surface area contributed by atoms with Gasteiger partial charge >= 0.3 is 0 Å². The van der Waals surface area contributed by atoms with Gasteiger partial charge in [-0.1, -0.05) is 30.3 Å². The van der Waals surface area contributed by atoms with E-state index in [9.17, 15) is 5.26 Å².